The van der Waals surface area contributed by atoms with E-state index in [4.69, 9.17) is 10.00 Å². The normalized spacial score (nSPS) is 11.9. The number of hydrogen-bond donors (Lipinski definition) is 1. The number of ether oxygens (including phenoxy) is 1. The van der Waals surface area contributed by atoms with Crippen LogP contribution in [0.25, 0.3) is 0 Å². The Balaban J connectivity index is 2.04. The van der Waals surface area contributed by atoms with E-state index in [9.17, 15) is 18.0 Å². The van der Waals surface area contributed by atoms with Crippen LogP contribution in [-0.2, 0) is 19.4 Å². The van der Waals surface area contributed by atoms with Gasteiger partial charge in [-0.15, -0.1) is 0 Å². The molecule has 2 rings (SSSR count). The minimum absolute atomic E-state index is 0.0768. The van der Waals surface area contributed by atoms with E-state index in [0.29, 0.717) is 5.69 Å². The number of hydrogen-bond acceptors (Lipinski definition) is 6. The first-order valence-corrected chi connectivity index (χ1v) is 9.42. The zero-order valence-corrected chi connectivity index (χ0v) is 14.9. The number of amides is 1. The third-order valence-electron chi connectivity index (χ3n) is 3.48. The predicted octanol–water partition coefficient (Wildman–Crippen LogP) is 2.15. The first kappa shape index (κ1) is 19.1. The largest absolute Gasteiger partial charge is 0.449 e. The molecule has 7 nitrogen and oxygen atoms in total. The van der Waals surface area contributed by atoms with E-state index in [1.807, 2.05) is 6.07 Å². The molecule has 2 aromatic rings. The Bertz CT molecular complexity index is 975. The summed E-state index contributed by atoms with van der Waals surface area (Å²) in [5.74, 6) is -1.35. The lowest BCUT2D eigenvalue weighted by molar-refractivity contribution is -0.123. The molecular weight excluding hydrogens is 356 g/mol. The van der Waals surface area contributed by atoms with Gasteiger partial charge in [-0.3, -0.25) is 4.79 Å². The molecule has 134 valence electrons. The number of nitrogens with zero attached hydrogens (tertiary/aromatic N) is 1. The Morgan fingerprint density at radius 3 is 2.31 bits per heavy atom. The molecule has 8 heteroatoms. The van der Waals surface area contributed by atoms with Crippen molar-refractivity contribution in [3.8, 4) is 6.07 Å². The van der Waals surface area contributed by atoms with Crippen molar-refractivity contribution < 1.29 is 22.7 Å². The Morgan fingerprint density at radius 1 is 1.12 bits per heavy atom. The average molecular weight is 372 g/mol. The Morgan fingerprint density at radius 2 is 1.73 bits per heavy atom. The summed E-state index contributed by atoms with van der Waals surface area (Å²) in [4.78, 5) is 24.3. The van der Waals surface area contributed by atoms with Crippen molar-refractivity contribution >= 4 is 27.4 Å². The standard InChI is InChI=1S/C18H16N2O5S/c1-12(17(21)20-16-6-4-3-5-14(16)11-19)25-18(22)13-7-9-15(10-8-13)26(2,23)24/h3-10,12H,1-2H3,(H,20,21)/t12-/m1/s1. The van der Waals surface area contributed by atoms with E-state index < -0.39 is 27.8 Å². The molecular formula is C18H16N2O5S. The predicted molar refractivity (Wildman–Crippen MR) is 94.2 cm³/mol. The third-order valence-corrected chi connectivity index (χ3v) is 4.61. The Hall–Kier alpha value is -3.18. The summed E-state index contributed by atoms with van der Waals surface area (Å²) < 4.78 is 27.9. The van der Waals surface area contributed by atoms with Gasteiger partial charge >= 0.3 is 5.97 Å². The smallest absolute Gasteiger partial charge is 0.338 e. The first-order valence-electron chi connectivity index (χ1n) is 7.53. The van der Waals surface area contributed by atoms with Gasteiger partial charge in [0.05, 0.1) is 21.7 Å². The summed E-state index contributed by atoms with van der Waals surface area (Å²) in [6.45, 7) is 1.40. The molecule has 26 heavy (non-hydrogen) atoms. The Kier molecular flexibility index (Phi) is 5.75. The average Bonchev–Trinajstić information content (AvgIpc) is 2.61. The second-order valence-electron chi connectivity index (χ2n) is 5.49. The molecule has 1 atom stereocenters. The summed E-state index contributed by atoms with van der Waals surface area (Å²) in [7, 11) is -3.37. The number of para-hydroxylation sites is 1. The zero-order chi connectivity index (χ0) is 19.3. The number of nitrogens with one attached hydrogen (secondary N) is 1. The first-order chi connectivity index (χ1) is 12.2. The van der Waals surface area contributed by atoms with Crippen molar-refractivity contribution in [2.75, 3.05) is 11.6 Å². The van der Waals surface area contributed by atoms with Crippen LogP contribution in [0, 0.1) is 11.3 Å². The fourth-order valence-corrected chi connectivity index (χ4v) is 2.67. The summed E-state index contributed by atoms with van der Waals surface area (Å²) in [6.07, 6.45) is -0.0462. The minimum Gasteiger partial charge on any atom is -0.449 e. The van der Waals surface area contributed by atoms with Gasteiger partial charge in [0.15, 0.2) is 15.9 Å². The van der Waals surface area contributed by atoms with Gasteiger partial charge < -0.3 is 10.1 Å². The molecule has 1 amide bonds. The maximum atomic E-state index is 12.2. The number of benzene rings is 2. The molecule has 0 saturated carbocycles. The molecule has 0 unspecified atom stereocenters. The van der Waals surface area contributed by atoms with Crippen LogP contribution in [-0.4, -0.2) is 32.7 Å². The molecule has 0 bridgehead atoms. The number of esters is 1. The van der Waals surface area contributed by atoms with Crippen molar-refractivity contribution in [3.05, 3.63) is 59.7 Å². The van der Waals surface area contributed by atoms with Gasteiger partial charge in [-0.05, 0) is 43.3 Å². The van der Waals surface area contributed by atoms with Gasteiger partial charge in [-0.25, -0.2) is 13.2 Å². The SMILES string of the molecule is C[C@@H](OC(=O)c1ccc(S(C)(=O)=O)cc1)C(=O)Nc1ccccc1C#N. The van der Waals surface area contributed by atoms with Crippen LogP contribution >= 0.6 is 0 Å². The van der Waals surface area contributed by atoms with Crippen LogP contribution < -0.4 is 5.32 Å². The van der Waals surface area contributed by atoms with Crippen molar-refractivity contribution in [2.45, 2.75) is 17.9 Å². The van der Waals surface area contributed by atoms with Gasteiger partial charge in [-0.1, -0.05) is 12.1 Å². The summed E-state index contributed by atoms with van der Waals surface area (Å²) in [6, 6.07) is 13.6. The molecule has 1 N–H and O–H groups in total. The molecule has 0 aliphatic carbocycles. The van der Waals surface area contributed by atoms with E-state index >= 15 is 0 Å². The second kappa shape index (κ2) is 7.80. The van der Waals surface area contributed by atoms with Crippen molar-refractivity contribution in [3.63, 3.8) is 0 Å². The second-order valence-corrected chi connectivity index (χ2v) is 7.51. The monoisotopic (exact) mass is 372 g/mol. The molecule has 0 aliphatic heterocycles. The quantitative estimate of drug-likeness (QED) is 0.805. The van der Waals surface area contributed by atoms with E-state index in [1.54, 1.807) is 24.3 Å². The van der Waals surface area contributed by atoms with E-state index in [2.05, 4.69) is 5.32 Å². The summed E-state index contributed by atoms with van der Waals surface area (Å²) in [5, 5.41) is 11.5. The topological polar surface area (TPSA) is 113 Å². The van der Waals surface area contributed by atoms with Gasteiger partial charge in [0.1, 0.15) is 6.07 Å². The van der Waals surface area contributed by atoms with Crippen LogP contribution in [0.3, 0.4) is 0 Å². The number of nitriles is 1. The highest BCUT2D eigenvalue weighted by atomic mass is 32.2. The van der Waals surface area contributed by atoms with Crippen LogP contribution in [0.5, 0.6) is 0 Å². The summed E-state index contributed by atoms with van der Waals surface area (Å²) >= 11 is 0. The number of rotatable bonds is 5. The highest BCUT2D eigenvalue weighted by molar-refractivity contribution is 7.90. The van der Waals surface area contributed by atoms with Crippen molar-refractivity contribution in [2.24, 2.45) is 0 Å². The molecule has 0 radical (unpaired) electrons. The number of anilines is 1. The number of carbonyl (C=O) groups is 2. The maximum absolute atomic E-state index is 12.2. The molecule has 0 heterocycles. The minimum atomic E-state index is -3.37. The van der Waals surface area contributed by atoms with Gasteiger partial charge in [-0.2, -0.15) is 5.26 Å². The molecule has 0 spiro atoms. The summed E-state index contributed by atoms with van der Waals surface area (Å²) in [5.41, 5.74) is 0.727. The van der Waals surface area contributed by atoms with Gasteiger partial charge in [0, 0.05) is 6.26 Å². The molecule has 2 aromatic carbocycles. The fourth-order valence-electron chi connectivity index (χ4n) is 2.04. The number of sulfone groups is 1. The van der Waals surface area contributed by atoms with Crippen LogP contribution in [0.4, 0.5) is 5.69 Å². The van der Waals surface area contributed by atoms with Crippen LogP contribution in [0.1, 0.15) is 22.8 Å². The Labute approximate surface area is 151 Å². The van der Waals surface area contributed by atoms with Crippen LogP contribution in [0.2, 0.25) is 0 Å². The highest BCUT2D eigenvalue weighted by Gasteiger charge is 2.20. The molecule has 0 fully saturated rings. The van der Waals surface area contributed by atoms with E-state index in [1.165, 1.54) is 31.2 Å². The van der Waals surface area contributed by atoms with E-state index in [-0.39, 0.29) is 16.0 Å². The number of carbonyl (C=O) groups excluding carboxylic acids is 2. The van der Waals surface area contributed by atoms with Crippen LogP contribution in [0.15, 0.2) is 53.4 Å². The lowest BCUT2D eigenvalue weighted by atomic mass is 10.2. The molecule has 0 aliphatic rings. The maximum Gasteiger partial charge on any atom is 0.338 e. The fraction of sp³-hybridized carbons (Fsp3) is 0.167. The van der Waals surface area contributed by atoms with Gasteiger partial charge in [0.25, 0.3) is 5.91 Å². The molecule has 0 aromatic heterocycles. The highest BCUT2D eigenvalue weighted by Crippen LogP contribution is 2.15. The van der Waals surface area contributed by atoms with E-state index in [0.717, 1.165) is 6.26 Å². The third kappa shape index (κ3) is 4.68. The molecule has 0 saturated heterocycles. The lowest BCUT2D eigenvalue weighted by Gasteiger charge is -2.14. The zero-order valence-electron chi connectivity index (χ0n) is 14.1. The van der Waals surface area contributed by atoms with Gasteiger partial charge in [0.2, 0.25) is 0 Å². The van der Waals surface area contributed by atoms with Crippen molar-refractivity contribution in [1.82, 2.24) is 0 Å². The van der Waals surface area contributed by atoms with Crippen molar-refractivity contribution in [1.29, 1.82) is 5.26 Å². The lowest BCUT2D eigenvalue weighted by Crippen LogP contribution is -2.30.